The summed E-state index contributed by atoms with van der Waals surface area (Å²) in [6.45, 7) is 2.09. The van der Waals surface area contributed by atoms with Gasteiger partial charge in [-0.3, -0.25) is 4.98 Å². The summed E-state index contributed by atoms with van der Waals surface area (Å²) in [5.74, 6) is 0. The van der Waals surface area contributed by atoms with Crippen LogP contribution in [0.3, 0.4) is 0 Å². The van der Waals surface area contributed by atoms with Crippen molar-refractivity contribution in [2.75, 3.05) is 0 Å². The Morgan fingerprint density at radius 2 is 2.16 bits per heavy atom. The molecule has 0 saturated carbocycles. The molecular formula is C15H13N3S. The number of aromatic amines is 1. The Bertz CT molecular complexity index is 787. The number of aromatic nitrogens is 3. The molecule has 0 unspecified atom stereocenters. The zero-order valence-corrected chi connectivity index (χ0v) is 11.4. The Balaban J connectivity index is 2.37. The maximum Gasteiger partial charge on any atom is 0.133 e. The molecule has 0 amide bonds. The van der Waals surface area contributed by atoms with E-state index in [0.717, 1.165) is 28.6 Å². The van der Waals surface area contributed by atoms with E-state index >= 15 is 0 Å². The van der Waals surface area contributed by atoms with E-state index in [1.165, 1.54) is 5.39 Å². The molecule has 0 aliphatic carbocycles. The largest absolute Gasteiger partial charge is 0.346 e. The van der Waals surface area contributed by atoms with Gasteiger partial charge in [-0.2, -0.15) is 0 Å². The number of benzene rings is 1. The summed E-state index contributed by atoms with van der Waals surface area (Å²) in [6.07, 6.45) is 6.21. The third-order valence-electron chi connectivity index (χ3n) is 3.26. The minimum atomic E-state index is 0.664. The minimum absolute atomic E-state index is 0.664. The summed E-state index contributed by atoms with van der Waals surface area (Å²) in [5, 5.41) is 2.29. The van der Waals surface area contributed by atoms with Gasteiger partial charge in [0.25, 0.3) is 0 Å². The van der Waals surface area contributed by atoms with Crippen molar-refractivity contribution in [1.29, 1.82) is 0 Å². The molecule has 3 nitrogen and oxygen atoms in total. The van der Waals surface area contributed by atoms with Crippen LogP contribution in [0.25, 0.3) is 22.0 Å². The first-order chi connectivity index (χ1) is 9.31. The van der Waals surface area contributed by atoms with Crippen molar-refractivity contribution in [3.8, 4) is 11.3 Å². The van der Waals surface area contributed by atoms with Gasteiger partial charge in [-0.1, -0.05) is 37.3 Å². The first-order valence-electron chi connectivity index (χ1n) is 6.21. The van der Waals surface area contributed by atoms with Gasteiger partial charge in [0.2, 0.25) is 0 Å². The van der Waals surface area contributed by atoms with Crippen molar-refractivity contribution in [2.24, 2.45) is 0 Å². The van der Waals surface area contributed by atoms with E-state index in [1.54, 1.807) is 6.33 Å². The highest BCUT2D eigenvalue weighted by Gasteiger charge is 2.09. The molecule has 0 bridgehead atoms. The third-order valence-corrected chi connectivity index (χ3v) is 3.61. The summed E-state index contributed by atoms with van der Waals surface area (Å²) < 4.78 is 0.664. The van der Waals surface area contributed by atoms with Crippen LogP contribution in [0.5, 0.6) is 0 Å². The van der Waals surface area contributed by atoms with Crippen molar-refractivity contribution < 1.29 is 0 Å². The van der Waals surface area contributed by atoms with Gasteiger partial charge < -0.3 is 4.98 Å². The van der Waals surface area contributed by atoms with E-state index in [9.17, 15) is 0 Å². The van der Waals surface area contributed by atoms with Crippen molar-refractivity contribution in [3.05, 3.63) is 53.2 Å². The molecule has 4 heteroatoms. The van der Waals surface area contributed by atoms with Gasteiger partial charge in [0, 0.05) is 28.9 Å². The first kappa shape index (κ1) is 12.0. The van der Waals surface area contributed by atoms with E-state index in [1.807, 2.05) is 18.5 Å². The Labute approximate surface area is 116 Å². The van der Waals surface area contributed by atoms with E-state index in [4.69, 9.17) is 12.2 Å². The smallest absolute Gasteiger partial charge is 0.133 e. The van der Waals surface area contributed by atoms with Crippen LogP contribution in [-0.4, -0.2) is 15.0 Å². The number of fused-ring (bicyclic) bond motifs is 1. The molecule has 0 aliphatic heterocycles. The molecule has 1 aromatic carbocycles. The fraction of sp³-hybridized carbons (Fsp3) is 0.133. The van der Waals surface area contributed by atoms with Crippen LogP contribution in [0.2, 0.25) is 0 Å². The van der Waals surface area contributed by atoms with Gasteiger partial charge in [-0.15, -0.1) is 0 Å². The highest BCUT2D eigenvalue weighted by Crippen LogP contribution is 2.29. The Morgan fingerprint density at radius 1 is 1.26 bits per heavy atom. The molecule has 0 saturated heterocycles. The summed E-state index contributed by atoms with van der Waals surface area (Å²) in [5.41, 5.74) is 3.24. The van der Waals surface area contributed by atoms with Crippen LogP contribution in [0.4, 0.5) is 0 Å². The second-order valence-electron chi connectivity index (χ2n) is 4.32. The number of H-pyrrole nitrogens is 1. The van der Waals surface area contributed by atoms with Gasteiger partial charge in [0.05, 0.1) is 12.0 Å². The number of hydrogen-bond acceptors (Lipinski definition) is 3. The van der Waals surface area contributed by atoms with Gasteiger partial charge in [0.15, 0.2) is 0 Å². The quantitative estimate of drug-likeness (QED) is 0.716. The summed E-state index contributed by atoms with van der Waals surface area (Å²) in [6, 6.07) is 8.24. The van der Waals surface area contributed by atoms with Crippen LogP contribution in [-0.2, 0) is 6.42 Å². The lowest BCUT2D eigenvalue weighted by Crippen LogP contribution is -1.96. The maximum absolute atomic E-state index is 5.31. The molecule has 0 atom stereocenters. The van der Waals surface area contributed by atoms with Crippen LogP contribution >= 0.6 is 12.2 Å². The van der Waals surface area contributed by atoms with Crippen molar-refractivity contribution in [2.45, 2.75) is 13.3 Å². The third kappa shape index (κ3) is 2.04. The van der Waals surface area contributed by atoms with Gasteiger partial charge >= 0.3 is 0 Å². The molecule has 19 heavy (non-hydrogen) atoms. The predicted octanol–water partition coefficient (Wildman–Crippen LogP) is 3.92. The average molecular weight is 267 g/mol. The number of pyridine rings is 1. The molecule has 3 rings (SSSR count). The average Bonchev–Trinajstić information content (AvgIpc) is 2.46. The lowest BCUT2D eigenvalue weighted by molar-refractivity contribution is 1.04. The minimum Gasteiger partial charge on any atom is -0.346 e. The number of nitrogens with one attached hydrogen (secondary N) is 1. The van der Waals surface area contributed by atoms with Crippen molar-refractivity contribution in [1.82, 2.24) is 15.0 Å². The van der Waals surface area contributed by atoms with Crippen LogP contribution in [0.15, 0.2) is 43.0 Å². The zero-order valence-electron chi connectivity index (χ0n) is 10.6. The van der Waals surface area contributed by atoms with E-state index in [0.29, 0.717) is 4.64 Å². The van der Waals surface area contributed by atoms with E-state index in [-0.39, 0.29) is 0 Å². The van der Waals surface area contributed by atoms with Gasteiger partial charge in [0.1, 0.15) is 4.64 Å². The van der Waals surface area contributed by atoms with E-state index < -0.39 is 0 Å². The topological polar surface area (TPSA) is 41.6 Å². The molecule has 1 N–H and O–H groups in total. The standard InChI is InChI=1S/C15H13N3S/c1-2-11-14(17-9-18-15(11)19)12-5-3-4-10-6-7-16-8-13(10)12/h3-9H,2H2,1H3,(H,17,18,19). The maximum atomic E-state index is 5.31. The first-order valence-corrected chi connectivity index (χ1v) is 6.61. The summed E-state index contributed by atoms with van der Waals surface area (Å²) in [7, 11) is 0. The molecule has 0 spiro atoms. The van der Waals surface area contributed by atoms with Crippen LogP contribution in [0, 0.1) is 4.64 Å². The highest BCUT2D eigenvalue weighted by atomic mass is 32.1. The van der Waals surface area contributed by atoms with Gasteiger partial charge in [-0.25, -0.2) is 4.98 Å². The SMILES string of the molecule is CCc1c(-c2cccc3ccncc23)[nH]cnc1=S. The fourth-order valence-corrected chi connectivity index (χ4v) is 2.63. The number of nitrogens with zero attached hydrogens (tertiary/aromatic N) is 2. The molecule has 3 aromatic rings. The second kappa shape index (κ2) is 4.90. The molecule has 2 aromatic heterocycles. The molecule has 0 fully saturated rings. The summed E-state index contributed by atoms with van der Waals surface area (Å²) in [4.78, 5) is 11.6. The fourth-order valence-electron chi connectivity index (χ4n) is 2.33. The predicted molar refractivity (Wildman–Crippen MR) is 79.5 cm³/mol. The molecule has 2 heterocycles. The zero-order chi connectivity index (χ0) is 13.2. The second-order valence-corrected chi connectivity index (χ2v) is 4.70. The van der Waals surface area contributed by atoms with Crippen LogP contribution in [0.1, 0.15) is 12.5 Å². The molecule has 0 aliphatic rings. The lowest BCUT2D eigenvalue weighted by Gasteiger charge is -2.10. The Kier molecular flexibility index (Phi) is 3.09. The molecular weight excluding hydrogens is 254 g/mol. The normalized spacial score (nSPS) is 10.8. The molecule has 94 valence electrons. The van der Waals surface area contributed by atoms with Crippen molar-refractivity contribution >= 4 is 23.0 Å². The Hall–Kier alpha value is -2.07. The van der Waals surface area contributed by atoms with Gasteiger partial charge in [-0.05, 0) is 17.9 Å². The number of rotatable bonds is 2. The monoisotopic (exact) mass is 267 g/mol. The summed E-state index contributed by atoms with van der Waals surface area (Å²) >= 11 is 5.31. The van der Waals surface area contributed by atoms with Crippen molar-refractivity contribution in [3.63, 3.8) is 0 Å². The lowest BCUT2D eigenvalue weighted by atomic mass is 10.0. The molecule has 0 radical (unpaired) electrons. The van der Waals surface area contributed by atoms with Crippen LogP contribution < -0.4 is 0 Å². The van der Waals surface area contributed by atoms with E-state index in [2.05, 4.69) is 40.1 Å². The number of hydrogen-bond donors (Lipinski definition) is 1. The Morgan fingerprint density at radius 3 is 3.00 bits per heavy atom. The highest BCUT2D eigenvalue weighted by molar-refractivity contribution is 7.71.